The number of amides is 2. The van der Waals surface area contributed by atoms with Crippen molar-refractivity contribution in [3.8, 4) is 0 Å². The third-order valence-corrected chi connectivity index (χ3v) is 7.50. The summed E-state index contributed by atoms with van der Waals surface area (Å²) in [7, 11) is -2.08. The van der Waals surface area contributed by atoms with Gasteiger partial charge in [-0.05, 0) is 25.0 Å². The number of hydrogen-bond donors (Lipinski definition) is 1. The molecule has 0 spiro atoms. The van der Waals surface area contributed by atoms with Gasteiger partial charge in [-0.15, -0.1) is 11.3 Å². The van der Waals surface area contributed by atoms with Gasteiger partial charge in [0.25, 0.3) is 5.91 Å². The first-order valence-electron chi connectivity index (χ1n) is 7.97. The number of aromatic nitrogens is 1. The van der Waals surface area contributed by atoms with Crippen molar-refractivity contribution in [1.29, 1.82) is 0 Å². The Morgan fingerprint density at radius 2 is 1.96 bits per heavy atom. The number of sulfone groups is 1. The van der Waals surface area contributed by atoms with Gasteiger partial charge in [-0.2, -0.15) is 0 Å². The number of carbonyl (C=O) groups is 2. The van der Waals surface area contributed by atoms with Crippen LogP contribution >= 0.6 is 11.3 Å². The highest BCUT2D eigenvalue weighted by Crippen LogP contribution is 2.25. The van der Waals surface area contributed by atoms with Crippen LogP contribution in [0.4, 0.5) is 0 Å². The first-order valence-corrected chi connectivity index (χ1v) is 10.5. The lowest BCUT2D eigenvalue weighted by atomic mass is 10.1. The highest BCUT2D eigenvalue weighted by molar-refractivity contribution is 7.92. The summed E-state index contributed by atoms with van der Waals surface area (Å²) in [6.45, 7) is 0.707. The predicted octanol–water partition coefficient (Wildman–Crippen LogP) is 1.06. The van der Waals surface area contributed by atoms with Gasteiger partial charge >= 0.3 is 0 Å². The number of nitrogens with zero attached hydrogens (tertiary/aromatic N) is 2. The van der Waals surface area contributed by atoms with Crippen molar-refractivity contribution in [2.24, 2.45) is 0 Å². The zero-order valence-electron chi connectivity index (χ0n) is 13.8. The number of hydrogen-bond acceptors (Lipinski definition) is 6. The summed E-state index contributed by atoms with van der Waals surface area (Å²) in [5, 5.41) is 2.18. The molecule has 0 unspecified atom stereocenters. The number of nitrogens with one attached hydrogen (secondary N) is 1. The number of thiazole rings is 1. The van der Waals surface area contributed by atoms with E-state index in [9.17, 15) is 18.0 Å². The summed E-state index contributed by atoms with van der Waals surface area (Å²) in [6.07, 6.45) is 0.686. The van der Waals surface area contributed by atoms with Crippen molar-refractivity contribution in [2.75, 3.05) is 25.9 Å². The summed E-state index contributed by atoms with van der Waals surface area (Å²) in [5.41, 5.74) is 0.791. The quantitative estimate of drug-likeness (QED) is 0.854. The van der Waals surface area contributed by atoms with Crippen LogP contribution in [0.3, 0.4) is 0 Å². The van der Waals surface area contributed by atoms with Gasteiger partial charge in [-0.1, -0.05) is 12.1 Å². The Morgan fingerprint density at radius 3 is 2.60 bits per heavy atom. The summed E-state index contributed by atoms with van der Waals surface area (Å²) in [4.78, 5) is 30.0. The average Bonchev–Trinajstić information content (AvgIpc) is 3.05. The van der Waals surface area contributed by atoms with Crippen LogP contribution in [0.1, 0.15) is 22.6 Å². The molecule has 3 rings (SSSR count). The first kappa shape index (κ1) is 17.8. The Kier molecular flexibility index (Phi) is 5.05. The number of rotatable bonds is 4. The minimum atomic E-state index is -3.49. The second-order valence-electron chi connectivity index (χ2n) is 5.96. The SMILES string of the molecule is CNC(=O)CS(=O)(=O)C1CCN(C(=O)c2nc3ccccc3s2)CC1. The molecule has 1 saturated heterocycles. The van der Waals surface area contributed by atoms with E-state index in [-0.39, 0.29) is 5.91 Å². The van der Waals surface area contributed by atoms with Crippen LogP contribution in [-0.2, 0) is 14.6 Å². The van der Waals surface area contributed by atoms with Crippen molar-refractivity contribution in [3.63, 3.8) is 0 Å². The fraction of sp³-hybridized carbons (Fsp3) is 0.438. The topological polar surface area (TPSA) is 96.4 Å². The molecule has 1 fully saturated rings. The van der Waals surface area contributed by atoms with Crippen molar-refractivity contribution < 1.29 is 18.0 Å². The van der Waals surface area contributed by atoms with Crippen LogP contribution in [-0.4, -0.2) is 61.3 Å². The van der Waals surface area contributed by atoms with Gasteiger partial charge in [-0.25, -0.2) is 13.4 Å². The van der Waals surface area contributed by atoms with Crippen LogP contribution in [0.25, 0.3) is 10.2 Å². The molecule has 1 aliphatic heterocycles. The number of likely N-dealkylation sites (tertiary alicyclic amines) is 1. The van der Waals surface area contributed by atoms with Gasteiger partial charge in [-0.3, -0.25) is 9.59 Å². The van der Waals surface area contributed by atoms with Gasteiger partial charge in [0.2, 0.25) is 5.91 Å². The van der Waals surface area contributed by atoms with E-state index in [1.165, 1.54) is 18.4 Å². The molecule has 1 aromatic carbocycles. The summed E-state index contributed by atoms with van der Waals surface area (Å²) < 4.78 is 25.4. The van der Waals surface area contributed by atoms with E-state index in [4.69, 9.17) is 0 Å². The van der Waals surface area contributed by atoms with Gasteiger partial charge in [0, 0.05) is 20.1 Å². The van der Waals surface area contributed by atoms with E-state index in [1.54, 1.807) is 4.90 Å². The van der Waals surface area contributed by atoms with E-state index >= 15 is 0 Å². The predicted molar refractivity (Wildman–Crippen MR) is 96.4 cm³/mol. The summed E-state index contributed by atoms with van der Waals surface area (Å²) in [6, 6.07) is 7.55. The number of piperidine rings is 1. The molecule has 1 N–H and O–H groups in total. The summed E-state index contributed by atoms with van der Waals surface area (Å²) in [5.74, 6) is -1.17. The zero-order chi connectivity index (χ0) is 18.0. The normalized spacial score (nSPS) is 16.1. The van der Waals surface area contributed by atoms with E-state index in [1.807, 2.05) is 24.3 Å². The van der Waals surface area contributed by atoms with Gasteiger partial charge in [0.05, 0.1) is 15.5 Å². The van der Waals surface area contributed by atoms with Crippen LogP contribution < -0.4 is 5.32 Å². The highest BCUT2D eigenvalue weighted by Gasteiger charge is 2.33. The standard InChI is InChI=1S/C16H19N3O4S2/c1-17-14(20)10-25(22,23)11-6-8-19(9-7-11)16(21)15-18-12-4-2-3-5-13(12)24-15/h2-5,11H,6-10H2,1H3,(H,17,20). The van der Waals surface area contributed by atoms with Gasteiger partial charge in [0.15, 0.2) is 14.8 Å². The van der Waals surface area contributed by atoms with Gasteiger partial charge < -0.3 is 10.2 Å². The molecule has 2 heterocycles. The first-order chi connectivity index (χ1) is 11.9. The van der Waals surface area contributed by atoms with E-state index in [0.717, 1.165) is 10.2 Å². The number of para-hydroxylation sites is 1. The molecule has 0 bridgehead atoms. The maximum Gasteiger partial charge on any atom is 0.282 e. The van der Waals surface area contributed by atoms with Crippen LogP contribution in [0.2, 0.25) is 0 Å². The smallest absolute Gasteiger partial charge is 0.282 e. The molecular weight excluding hydrogens is 362 g/mol. The molecule has 2 aromatic rings. The lowest BCUT2D eigenvalue weighted by Crippen LogP contribution is -2.44. The minimum Gasteiger partial charge on any atom is -0.358 e. The maximum atomic E-state index is 12.6. The lowest BCUT2D eigenvalue weighted by molar-refractivity contribution is -0.118. The fourth-order valence-electron chi connectivity index (χ4n) is 2.89. The van der Waals surface area contributed by atoms with E-state index in [2.05, 4.69) is 10.3 Å². The second kappa shape index (κ2) is 7.09. The van der Waals surface area contributed by atoms with Crippen molar-refractivity contribution >= 4 is 43.2 Å². The molecule has 7 nitrogen and oxygen atoms in total. The highest BCUT2D eigenvalue weighted by atomic mass is 32.2. The molecule has 1 aromatic heterocycles. The molecular formula is C16H19N3O4S2. The monoisotopic (exact) mass is 381 g/mol. The minimum absolute atomic E-state index is 0.164. The second-order valence-corrected chi connectivity index (χ2v) is 9.27. The Balaban J connectivity index is 1.65. The van der Waals surface area contributed by atoms with Crippen LogP contribution in [0, 0.1) is 0 Å². The Labute approximate surface area is 150 Å². The van der Waals surface area contributed by atoms with Crippen molar-refractivity contribution in [1.82, 2.24) is 15.2 Å². The van der Waals surface area contributed by atoms with Gasteiger partial charge in [0.1, 0.15) is 5.75 Å². The number of benzene rings is 1. The largest absolute Gasteiger partial charge is 0.358 e. The molecule has 25 heavy (non-hydrogen) atoms. The number of fused-ring (bicyclic) bond motifs is 1. The third kappa shape index (κ3) is 3.82. The Bertz CT molecular complexity index is 866. The molecule has 134 valence electrons. The van der Waals surface area contributed by atoms with Crippen LogP contribution in [0.15, 0.2) is 24.3 Å². The Morgan fingerprint density at radius 1 is 1.28 bits per heavy atom. The number of carbonyl (C=O) groups excluding carboxylic acids is 2. The molecule has 0 atom stereocenters. The average molecular weight is 381 g/mol. The zero-order valence-corrected chi connectivity index (χ0v) is 15.4. The third-order valence-electron chi connectivity index (χ3n) is 4.33. The molecule has 9 heteroatoms. The van der Waals surface area contributed by atoms with Crippen LogP contribution in [0.5, 0.6) is 0 Å². The van der Waals surface area contributed by atoms with Crippen molar-refractivity contribution in [3.05, 3.63) is 29.3 Å². The lowest BCUT2D eigenvalue weighted by Gasteiger charge is -2.31. The molecule has 0 aliphatic carbocycles. The fourth-order valence-corrected chi connectivity index (χ4v) is 5.50. The molecule has 1 aliphatic rings. The van der Waals surface area contributed by atoms with Crippen molar-refractivity contribution in [2.45, 2.75) is 18.1 Å². The maximum absolute atomic E-state index is 12.6. The molecule has 0 saturated carbocycles. The molecule has 2 amide bonds. The van der Waals surface area contributed by atoms with E-state index < -0.39 is 26.7 Å². The summed E-state index contributed by atoms with van der Waals surface area (Å²) >= 11 is 1.34. The molecule has 0 radical (unpaired) electrons. The van der Waals surface area contributed by atoms with E-state index in [0.29, 0.717) is 30.9 Å². The Hall–Kier alpha value is -2.00.